The quantitative estimate of drug-likeness (QED) is 0.813. The minimum absolute atomic E-state index is 0.151. The molecule has 0 spiro atoms. The number of carboxylic acids is 1. The maximum absolute atomic E-state index is 10.8. The highest BCUT2D eigenvalue weighted by Gasteiger charge is 2.09. The molecule has 0 aliphatic heterocycles. The molecule has 0 amide bonds. The minimum atomic E-state index is -0.993. The molecule has 5 heteroatoms. The number of nitrogens with one attached hydrogen (secondary N) is 1. The van der Waals surface area contributed by atoms with Gasteiger partial charge in [-0.15, -0.1) is 0 Å². The van der Waals surface area contributed by atoms with Crippen LogP contribution >= 0.6 is 0 Å². The predicted molar refractivity (Wildman–Crippen MR) is 80.0 cm³/mol. The Hall–Kier alpha value is -2.43. The molecular weight excluding hydrogens is 270 g/mol. The van der Waals surface area contributed by atoms with Crippen molar-refractivity contribution in [3.63, 3.8) is 0 Å². The Morgan fingerprint density at radius 1 is 1.38 bits per heavy atom. The van der Waals surface area contributed by atoms with Crippen LogP contribution in [0.15, 0.2) is 34.9 Å². The average Bonchev–Trinajstić information content (AvgIpc) is 2.93. The van der Waals surface area contributed by atoms with Crippen LogP contribution in [-0.2, 0) is 6.54 Å². The standard InChI is InChI=1S/C16H19NO4/c1-3-6-20-15-7-11(2)4-5-14(15)17-9-13-8-12(10-21-13)16(18)19/h4-5,7-8,10,17H,3,6,9H2,1-2H3,(H,18,19). The molecule has 21 heavy (non-hydrogen) atoms. The number of anilines is 1. The molecule has 5 nitrogen and oxygen atoms in total. The molecule has 0 atom stereocenters. The molecule has 0 aliphatic rings. The van der Waals surface area contributed by atoms with E-state index in [0.29, 0.717) is 18.9 Å². The van der Waals surface area contributed by atoms with Crippen molar-refractivity contribution in [2.75, 3.05) is 11.9 Å². The predicted octanol–water partition coefficient (Wildman–Crippen LogP) is 3.69. The molecular formula is C16H19NO4. The number of benzene rings is 1. The SMILES string of the molecule is CCCOc1cc(C)ccc1NCc1cc(C(=O)O)co1. The number of aryl methyl sites for hydroxylation is 1. The lowest BCUT2D eigenvalue weighted by Gasteiger charge is -2.13. The molecule has 0 radical (unpaired) electrons. The van der Waals surface area contributed by atoms with Gasteiger partial charge in [0.15, 0.2) is 0 Å². The van der Waals surface area contributed by atoms with Crippen LogP contribution in [0.25, 0.3) is 0 Å². The summed E-state index contributed by atoms with van der Waals surface area (Å²) >= 11 is 0. The van der Waals surface area contributed by atoms with Crippen molar-refractivity contribution in [3.05, 3.63) is 47.4 Å². The third kappa shape index (κ3) is 4.02. The molecule has 0 saturated heterocycles. The Morgan fingerprint density at radius 3 is 2.86 bits per heavy atom. The summed E-state index contributed by atoms with van der Waals surface area (Å²) in [6.07, 6.45) is 2.18. The number of ether oxygens (including phenoxy) is 1. The number of carboxylic acid groups (broad SMARTS) is 1. The van der Waals surface area contributed by atoms with Gasteiger partial charge in [0.2, 0.25) is 0 Å². The molecule has 2 aromatic rings. The number of hydrogen-bond donors (Lipinski definition) is 2. The first-order valence-electron chi connectivity index (χ1n) is 6.88. The van der Waals surface area contributed by atoms with Crippen LogP contribution in [0.4, 0.5) is 5.69 Å². The summed E-state index contributed by atoms with van der Waals surface area (Å²) in [6.45, 7) is 5.12. The number of aromatic carboxylic acids is 1. The van der Waals surface area contributed by atoms with E-state index in [4.69, 9.17) is 14.3 Å². The fourth-order valence-corrected chi connectivity index (χ4v) is 1.87. The molecule has 0 fully saturated rings. The fraction of sp³-hybridized carbons (Fsp3) is 0.312. The van der Waals surface area contributed by atoms with Crippen molar-refractivity contribution < 1.29 is 19.1 Å². The number of carbonyl (C=O) groups is 1. The van der Waals surface area contributed by atoms with Crippen molar-refractivity contribution in [2.45, 2.75) is 26.8 Å². The molecule has 0 unspecified atom stereocenters. The Morgan fingerprint density at radius 2 is 2.19 bits per heavy atom. The summed E-state index contributed by atoms with van der Waals surface area (Å²) in [5, 5.41) is 12.1. The monoisotopic (exact) mass is 289 g/mol. The summed E-state index contributed by atoms with van der Waals surface area (Å²) in [6, 6.07) is 7.42. The van der Waals surface area contributed by atoms with Gasteiger partial charge in [0.05, 0.1) is 24.4 Å². The van der Waals surface area contributed by atoms with Gasteiger partial charge in [-0.05, 0) is 37.1 Å². The van der Waals surface area contributed by atoms with Crippen molar-refractivity contribution in [1.82, 2.24) is 0 Å². The maximum atomic E-state index is 10.8. The fourth-order valence-electron chi connectivity index (χ4n) is 1.87. The Balaban J connectivity index is 2.06. The summed E-state index contributed by atoms with van der Waals surface area (Å²) in [4.78, 5) is 10.8. The van der Waals surface area contributed by atoms with Crippen molar-refractivity contribution in [3.8, 4) is 5.75 Å². The number of hydrogen-bond acceptors (Lipinski definition) is 4. The van der Waals surface area contributed by atoms with Gasteiger partial charge < -0.3 is 19.6 Å². The van der Waals surface area contributed by atoms with Crippen LogP contribution in [-0.4, -0.2) is 17.7 Å². The zero-order chi connectivity index (χ0) is 15.2. The molecule has 0 bridgehead atoms. The molecule has 0 saturated carbocycles. The van der Waals surface area contributed by atoms with Gasteiger partial charge in [-0.25, -0.2) is 4.79 Å². The second-order valence-corrected chi connectivity index (χ2v) is 4.81. The van der Waals surface area contributed by atoms with Crippen LogP contribution in [0.1, 0.15) is 35.0 Å². The van der Waals surface area contributed by atoms with Gasteiger partial charge in [-0.2, -0.15) is 0 Å². The first-order chi connectivity index (χ1) is 10.1. The van der Waals surface area contributed by atoms with Crippen LogP contribution in [0.2, 0.25) is 0 Å². The van der Waals surface area contributed by atoms with E-state index in [1.165, 1.54) is 12.3 Å². The lowest BCUT2D eigenvalue weighted by Crippen LogP contribution is -2.03. The second-order valence-electron chi connectivity index (χ2n) is 4.81. The highest BCUT2D eigenvalue weighted by molar-refractivity contribution is 5.87. The van der Waals surface area contributed by atoms with Gasteiger partial charge in [-0.3, -0.25) is 0 Å². The van der Waals surface area contributed by atoms with Gasteiger partial charge >= 0.3 is 5.97 Å². The molecule has 1 heterocycles. The van der Waals surface area contributed by atoms with E-state index in [0.717, 1.165) is 23.4 Å². The van der Waals surface area contributed by atoms with Crippen LogP contribution in [0.5, 0.6) is 5.75 Å². The van der Waals surface area contributed by atoms with Crippen LogP contribution < -0.4 is 10.1 Å². The van der Waals surface area contributed by atoms with E-state index >= 15 is 0 Å². The molecule has 1 aromatic carbocycles. The normalized spacial score (nSPS) is 10.4. The van der Waals surface area contributed by atoms with E-state index in [1.54, 1.807) is 0 Å². The smallest absolute Gasteiger partial charge is 0.338 e. The van der Waals surface area contributed by atoms with Crippen molar-refractivity contribution >= 4 is 11.7 Å². The summed E-state index contributed by atoms with van der Waals surface area (Å²) in [5.41, 5.74) is 2.14. The van der Waals surface area contributed by atoms with Crippen molar-refractivity contribution in [2.24, 2.45) is 0 Å². The first kappa shape index (κ1) is 15.0. The topological polar surface area (TPSA) is 71.7 Å². The highest BCUT2D eigenvalue weighted by atomic mass is 16.5. The zero-order valence-electron chi connectivity index (χ0n) is 12.2. The lowest BCUT2D eigenvalue weighted by molar-refractivity contribution is 0.0696. The van der Waals surface area contributed by atoms with Gasteiger partial charge in [0.25, 0.3) is 0 Å². The molecule has 1 aromatic heterocycles. The van der Waals surface area contributed by atoms with E-state index < -0.39 is 5.97 Å². The Kier molecular flexibility index (Phi) is 4.87. The Bertz CT molecular complexity index is 618. The first-order valence-corrected chi connectivity index (χ1v) is 6.88. The lowest BCUT2D eigenvalue weighted by atomic mass is 10.2. The highest BCUT2D eigenvalue weighted by Crippen LogP contribution is 2.26. The minimum Gasteiger partial charge on any atom is -0.491 e. The van der Waals surface area contributed by atoms with Gasteiger partial charge in [0, 0.05) is 0 Å². The van der Waals surface area contributed by atoms with Gasteiger partial charge in [-0.1, -0.05) is 13.0 Å². The molecule has 2 N–H and O–H groups in total. The maximum Gasteiger partial charge on any atom is 0.338 e. The average molecular weight is 289 g/mol. The van der Waals surface area contributed by atoms with Crippen molar-refractivity contribution in [1.29, 1.82) is 0 Å². The van der Waals surface area contributed by atoms with E-state index in [1.807, 2.05) is 25.1 Å². The van der Waals surface area contributed by atoms with Crippen LogP contribution in [0.3, 0.4) is 0 Å². The summed E-state index contributed by atoms with van der Waals surface area (Å²) in [5.74, 6) is 0.364. The third-order valence-electron chi connectivity index (χ3n) is 2.95. The molecule has 112 valence electrons. The van der Waals surface area contributed by atoms with Crippen LogP contribution in [0, 0.1) is 6.92 Å². The third-order valence-corrected chi connectivity index (χ3v) is 2.95. The molecule has 2 rings (SSSR count). The van der Waals surface area contributed by atoms with E-state index in [9.17, 15) is 4.79 Å². The van der Waals surface area contributed by atoms with E-state index in [-0.39, 0.29) is 5.56 Å². The summed E-state index contributed by atoms with van der Waals surface area (Å²) < 4.78 is 10.9. The molecule has 0 aliphatic carbocycles. The summed E-state index contributed by atoms with van der Waals surface area (Å²) in [7, 11) is 0. The largest absolute Gasteiger partial charge is 0.491 e. The second kappa shape index (κ2) is 6.83. The number of furan rings is 1. The van der Waals surface area contributed by atoms with E-state index in [2.05, 4.69) is 12.2 Å². The Labute approximate surface area is 123 Å². The number of rotatable bonds is 7. The zero-order valence-corrected chi connectivity index (χ0v) is 12.2. The van der Waals surface area contributed by atoms with Gasteiger partial charge in [0.1, 0.15) is 17.8 Å².